The van der Waals surface area contributed by atoms with Crippen LogP contribution >= 0.6 is 15.9 Å². The number of nitrogens with one attached hydrogen (secondary N) is 1. The van der Waals surface area contributed by atoms with Crippen LogP contribution in [0.4, 0.5) is 0 Å². The lowest BCUT2D eigenvalue weighted by Crippen LogP contribution is -2.09. The molecule has 0 aliphatic carbocycles. The van der Waals surface area contributed by atoms with Crippen LogP contribution in [0.25, 0.3) is 5.57 Å². The summed E-state index contributed by atoms with van der Waals surface area (Å²) in [5.74, 6) is 0. The molecule has 0 aliphatic heterocycles. The molecule has 1 N–H and O–H groups in total. The molecule has 0 aromatic carbocycles. The van der Waals surface area contributed by atoms with Crippen LogP contribution in [0.1, 0.15) is 19.0 Å². The summed E-state index contributed by atoms with van der Waals surface area (Å²) in [6, 6.07) is 0. The van der Waals surface area contributed by atoms with Crippen molar-refractivity contribution in [1.82, 2.24) is 15.1 Å². The van der Waals surface area contributed by atoms with E-state index in [0.29, 0.717) is 6.61 Å². The molecule has 17 heavy (non-hydrogen) atoms. The highest BCUT2D eigenvalue weighted by Crippen LogP contribution is 2.24. The third-order valence-corrected chi connectivity index (χ3v) is 3.10. The van der Waals surface area contributed by atoms with Gasteiger partial charge in [0.25, 0.3) is 0 Å². The van der Waals surface area contributed by atoms with E-state index in [0.717, 1.165) is 29.7 Å². The normalized spacial score (nSPS) is 12.1. The summed E-state index contributed by atoms with van der Waals surface area (Å²) in [4.78, 5) is 0. The van der Waals surface area contributed by atoms with E-state index in [1.807, 2.05) is 17.9 Å². The van der Waals surface area contributed by atoms with Crippen molar-refractivity contribution in [1.29, 1.82) is 0 Å². The van der Waals surface area contributed by atoms with E-state index in [4.69, 9.17) is 4.74 Å². The van der Waals surface area contributed by atoms with E-state index >= 15 is 0 Å². The van der Waals surface area contributed by atoms with Gasteiger partial charge in [0.2, 0.25) is 0 Å². The van der Waals surface area contributed by atoms with E-state index < -0.39 is 0 Å². The summed E-state index contributed by atoms with van der Waals surface area (Å²) in [6.45, 7) is 4.54. The molecule has 0 amide bonds. The van der Waals surface area contributed by atoms with Crippen LogP contribution in [0.15, 0.2) is 16.7 Å². The fourth-order valence-electron chi connectivity index (χ4n) is 1.63. The maximum atomic E-state index is 5.08. The first-order valence-electron chi connectivity index (χ1n) is 5.72. The van der Waals surface area contributed by atoms with Gasteiger partial charge in [-0.05, 0) is 48.4 Å². The number of ether oxygens (including phenoxy) is 1. The summed E-state index contributed by atoms with van der Waals surface area (Å²) in [5.41, 5.74) is 2.37. The van der Waals surface area contributed by atoms with Crippen LogP contribution in [0.2, 0.25) is 0 Å². The number of hydrogen-bond acceptors (Lipinski definition) is 3. The summed E-state index contributed by atoms with van der Waals surface area (Å²) in [5, 5.41) is 7.47. The second kappa shape index (κ2) is 7.63. The van der Waals surface area contributed by atoms with Crippen LogP contribution < -0.4 is 5.32 Å². The zero-order valence-electron chi connectivity index (χ0n) is 10.7. The third-order valence-electron chi connectivity index (χ3n) is 2.52. The van der Waals surface area contributed by atoms with Crippen molar-refractivity contribution in [2.75, 3.05) is 27.3 Å². The molecule has 0 saturated heterocycles. The molecule has 0 fully saturated rings. The van der Waals surface area contributed by atoms with Crippen LogP contribution in [-0.2, 0) is 11.3 Å². The van der Waals surface area contributed by atoms with Crippen LogP contribution in [0, 0.1) is 0 Å². The van der Waals surface area contributed by atoms with Gasteiger partial charge in [0.05, 0.1) is 29.5 Å². The molecular formula is C12H20BrN3O. The van der Waals surface area contributed by atoms with E-state index in [2.05, 4.69) is 39.3 Å². The average molecular weight is 302 g/mol. The predicted molar refractivity (Wildman–Crippen MR) is 74.0 cm³/mol. The van der Waals surface area contributed by atoms with Gasteiger partial charge >= 0.3 is 0 Å². The fourth-order valence-corrected chi connectivity index (χ4v) is 2.24. The molecule has 0 saturated carbocycles. The first-order valence-corrected chi connectivity index (χ1v) is 6.52. The first kappa shape index (κ1) is 14.4. The Balaban J connectivity index is 2.79. The SMILES string of the molecule is CNCC/C=C(/C)c1c(Br)cnn1CCOC. The Bertz CT molecular complexity index is 374. The summed E-state index contributed by atoms with van der Waals surface area (Å²) in [7, 11) is 3.66. The van der Waals surface area contributed by atoms with Crippen molar-refractivity contribution in [3.8, 4) is 0 Å². The highest BCUT2D eigenvalue weighted by atomic mass is 79.9. The van der Waals surface area contributed by atoms with Crippen molar-refractivity contribution in [3.05, 3.63) is 22.4 Å². The van der Waals surface area contributed by atoms with Gasteiger partial charge in [-0.25, -0.2) is 0 Å². The van der Waals surface area contributed by atoms with Gasteiger partial charge in [-0.1, -0.05) is 6.08 Å². The molecule has 0 bridgehead atoms. The lowest BCUT2D eigenvalue weighted by molar-refractivity contribution is 0.183. The van der Waals surface area contributed by atoms with Gasteiger partial charge in [-0.15, -0.1) is 0 Å². The highest BCUT2D eigenvalue weighted by molar-refractivity contribution is 9.10. The Morgan fingerprint density at radius 3 is 3.06 bits per heavy atom. The van der Waals surface area contributed by atoms with E-state index in [-0.39, 0.29) is 0 Å². The quantitative estimate of drug-likeness (QED) is 0.786. The second-order valence-electron chi connectivity index (χ2n) is 3.84. The molecule has 1 rings (SSSR count). The van der Waals surface area contributed by atoms with Crippen LogP contribution in [0.5, 0.6) is 0 Å². The van der Waals surface area contributed by atoms with Crippen molar-refractivity contribution in [3.63, 3.8) is 0 Å². The summed E-state index contributed by atoms with van der Waals surface area (Å²) in [6.07, 6.45) is 5.08. The number of halogens is 1. The Hall–Kier alpha value is -0.650. The Labute approximate surface area is 111 Å². The van der Waals surface area contributed by atoms with Crippen molar-refractivity contribution >= 4 is 21.5 Å². The molecule has 0 radical (unpaired) electrons. The molecule has 1 heterocycles. The van der Waals surface area contributed by atoms with E-state index in [1.165, 1.54) is 5.57 Å². The summed E-state index contributed by atoms with van der Waals surface area (Å²) < 4.78 is 8.09. The second-order valence-corrected chi connectivity index (χ2v) is 4.69. The smallest absolute Gasteiger partial charge is 0.0779 e. The minimum Gasteiger partial charge on any atom is -0.383 e. The van der Waals surface area contributed by atoms with Gasteiger partial charge in [0.1, 0.15) is 0 Å². The number of methoxy groups -OCH3 is 1. The monoisotopic (exact) mass is 301 g/mol. The molecule has 0 unspecified atom stereocenters. The zero-order valence-corrected chi connectivity index (χ0v) is 12.2. The molecule has 1 aromatic rings. The molecular weight excluding hydrogens is 282 g/mol. The van der Waals surface area contributed by atoms with Crippen molar-refractivity contribution in [2.24, 2.45) is 0 Å². The van der Waals surface area contributed by atoms with E-state index in [9.17, 15) is 0 Å². The largest absolute Gasteiger partial charge is 0.383 e. The van der Waals surface area contributed by atoms with E-state index in [1.54, 1.807) is 7.11 Å². The lowest BCUT2D eigenvalue weighted by Gasteiger charge is -2.08. The fraction of sp³-hybridized carbons (Fsp3) is 0.583. The van der Waals surface area contributed by atoms with Gasteiger partial charge in [-0.3, -0.25) is 4.68 Å². The maximum Gasteiger partial charge on any atom is 0.0779 e. The topological polar surface area (TPSA) is 39.1 Å². The molecule has 4 nitrogen and oxygen atoms in total. The molecule has 0 aliphatic rings. The van der Waals surface area contributed by atoms with Crippen LogP contribution in [-0.4, -0.2) is 37.1 Å². The Morgan fingerprint density at radius 2 is 2.41 bits per heavy atom. The standard InChI is InChI=1S/C12H20BrN3O/c1-10(5-4-6-14-2)12-11(13)9-15-16(12)7-8-17-3/h5,9,14H,4,6-8H2,1-3H3/b10-5-. The van der Waals surface area contributed by atoms with Crippen molar-refractivity contribution < 1.29 is 4.74 Å². The zero-order chi connectivity index (χ0) is 12.7. The van der Waals surface area contributed by atoms with Gasteiger partial charge in [0.15, 0.2) is 0 Å². The molecule has 0 atom stereocenters. The first-order chi connectivity index (χ1) is 8.20. The highest BCUT2D eigenvalue weighted by Gasteiger charge is 2.09. The van der Waals surface area contributed by atoms with Gasteiger partial charge in [0, 0.05) is 7.11 Å². The average Bonchev–Trinajstić information content (AvgIpc) is 2.68. The third kappa shape index (κ3) is 4.26. The molecule has 5 heteroatoms. The molecule has 96 valence electrons. The van der Waals surface area contributed by atoms with Gasteiger partial charge < -0.3 is 10.1 Å². The number of hydrogen-bond donors (Lipinski definition) is 1. The molecule has 1 aromatic heterocycles. The van der Waals surface area contributed by atoms with Crippen LogP contribution in [0.3, 0.4) is 0 Å². The predicted octanol–water partition coefficient (Wildman–Crippen LogP) is 2.30. The number of nitrogens with zero attached hydrogens (tertiary/aromatic N) is 2. The maximum absolute atomic E-state index is 5.08. The minimum atomic E-state index is 0.672. The summed E-state index contributed by atoms with van der Waals surface area (Å²) >= 11 is 3.54. The Morgan fingerprint density at radius 1 is 1.65 bits per heavy atom. The van der Waals surface area contributed by atoms with Crippen molar-refractivity contribution in [2.45, 2.75) is 19.9 Å². The Kier molecular flexibility index (Phi) is 6.47. The van der Waals surface area contributed by atoms with Gasteiger partial charge in [-0.2, -0.15) is 5.10 Å². The number of rotatable bonds is 7. The number of allylic oxidation sites excluding steroid dienone is 1. The molecule has 0 spiro atoms. The number of aromatic nitrogens is 2. The lowest BCUT2D eigenvalue weighted by atomic mass is 10.2. The minimum absolute atomic E-state index is 0.672.